The number of hydrogen-bond donors (Lipinski definition) is 2. The summed E-state index contributed by atoms with van der Waals surface area (Å²) in [5.74, 6) is 1.64. The fraction of sp³-hybridized carbons (Fsp3) is 0.778. The van der Waals surface area contributed by atoms with Crippen molar-refractivity contribution in [3.05, 3.63) is 12.2 Å². The Bertz CT molecular complexity index is 709. The second-order valence-corrected chi connectivity index (χ2v) is 10.5. The Hall–Kier alpha value is -0.840. The molecule has 3 saturated heterocycles. The SMILES string of the molecule is C=C(C)CN=C(NCC1CCS(=O)(=O)C1)N1CCCC2(CNC(=O)C2)C1.I. The molecule has 7 nitrogen and oxygen atoms in total. The Labute approximate surface area is 179 Å². The number of likely N-dealkylation sites (tertiary alicyclic amines) is 1. The van der Waals surface area contributed by atoms with Gasteiger partial charge < -0.3 is 15.5 Å². The highest BCUT2D eigenvalue weighted by Gasteiger charge is 2.42. The molecule has 0 saturated carbocycles. The molecular formula is C18H31IN4O3S. The van der Waals surface area contributed by atoms with Crippen LogP contribution in [0.1, 0.15) is 32.6 Å². The highest BCUT2D eigenvalue weighted by molar-refractivity contribution is 14.0. The van der Waals surface area contributed by atoms with Gasteiger partial charge in [0.15, 0.2) is 15.8 Å². The smallest absolute Gasteiger partial charge is 0.220 e. The van der Waals surface area contributed by atoms with E-state index in [0.29, 0.717) is 25.9 Å². The minimum Gasteiger partial charge on any atom is -0.356 e. The topological polar surface area (TPSA) is 90.9 Å². The summed E-state index contributed by atoms with van der Waals surface area (Å²) < 4.78 is 23.4. The van der Waals surface area contributed by atoms with Crippen LogP contribution in [0.2, 0.25) is 0 Å². The molecule has 1 spiro atoms. The van der Waals surface area contributed by atoms with E-state index in [1.165, 1.54) is 0 Å². The maximum Gasteiger partial charge on any atom is 0.220 e. The number of nitrogens with zero attached hydrogens (tertiary/aromatic N) is 2. The van der Waals surface area contributed by atoms with Crippen LogP contribution in [0.4, 0.5) is 0 Å². The zero-order chi connectivity index (χ0) is 18.8. The van der Waals surface area contributed by atoms with Gasteiger partial charge in [-0.15, -0.1) is 24.0 Å². The van der Waals surface area contributed by atoms with Gasteiger partial charge in [0, 0.05) is 38.0 Å². The third-order valence-corrected chi connectivity index (χ3v) is 7.37. The number of carbonyl (C=O) groups excluding carboxylic acids is 1. The number of halogens is 1. The van der Waals surface area contributed by atoms with Crippen LogP contribution < -0.4 is 10.6 Å². The second kappa shape index (κ2) is 9.11. The van der Waals surface area contributed by atoms with Gasteiger partial charge in [0.2, 0.25) is 5.91 Å². The summed E-state index contributed by atoms with van der Waals surface area (Å²) in [6.45, 7) is 9.48. The molecule has 3 heterocycles. The average Bonchev–Trinajstić information content (AvgIpc) is 3.09. The Morgan fingerprint density at radius 3 is 2.85 bits per heavy atom. The van der Waals surface area contributed by atoms with Gasteiger partial charge in [0.1, 0.15) is 0 Å². The van der Waals surface area contributed by atoms with Crippen molar-refractivity contribution < 1.29 is 13.2 Å². The van der Waals surface area contributed by atoms with Gasteiger partial charge in [0.25, 0.3) is 0 Å². The first-order valence-corrected chi connectivity index (χ1v) is 11.2. The van der Waals surface area contributed by atoms with Crippen molar-refractivity contribution in [2.24, 2.45) is 16.3 Å². The van der Waals surface area contributed by atoms with Gasteiger partial charge in [-0.3, -0.25) is 4.79 Å². The van der Waals surface area contributed by atoms with Gasteiger partial charge in [-0.25, -0.2) is 13.4 Å². The van der Waals surface area contributed by atoms with Crippen molar-refractivity contribution in [2.75, 3.05) is 44.2 Å². The molecule has 2 unspecified atom stereocenters. The van der Waals surface area contributed by atoms with Gasteiger partial charge in [-0.2, -0.15) is 0 Å². The Morgan fingerprint density at radius 1 is 1.48 bits per heavy atom. The molecule has 0 aromatic rings. The minimum atomic E-state index is -2.87. The van der Waals surface area contributed by atoms with Crippen molar-refractivity contribution in [3.8, 4) is 0 Å². The number of rotatable bonds is 4. The lowest BCUT2D eigenvalue weighted by molar-refractivity contribution is -0.119. The first kappa shape index (κ1) is 22.4. The molecule has 2 atom stereocenters. The summed E-state index contributed by atoms with van der Waals surface area (Å²) in [4.78, 5) is 18.7. The van der Waals surface area contributed by atoms with Gasteiger partial charge >= 0.3 is 0 Å². The van der Waals surface area contributed by atoms with Crippen LogP contribution in [0.3, 0.4) is 0 Å². The van der Waals surface area contributed by atoms with Crippen LogP contribution in [-0.2, 0) is 14.6 Å². The van der Waals surface area contributed by atoms with Crippen molar-refractivity contribution in [2.45, 2.75) is 32.6 Å². The predicted molar refractivity (Wildman–Crippen MR) is 118 cm³/mol. The number of nitrogens with one attached hydrogen (secondary N) is 2. The number of guanidine groups is 1. The molecule has 27 heavy (non-hydrogen) atoms. The summed E-state index contributed by atoms with van der Waals surface area (Å²) in [5.41, 5.74) is 0.981. The number of carbonyl (C=O) groups is 1. The van der Waals surface area contributed by atoms with Crippen LogP contribution in [0.25, 0.3) is 0 Å². The van der Waals surface area contributed by atoms with Crippen molar-refractivity contribution >= 4 is 45.7 Å². The molecule has 0 aromatic heterocycles. The molecule has 0 aliphatic carbocycles. The molecule has 3 aliphatic rings. The first-order chi connectivity index (χ1) is 12.3. The molecule has 9 heteroatoms. The molecule has 154 valence electrons. The lowest BCUT2D eigenvalue weighted by Crippen LogP contribution is -2.52. The summed E-state index contributed by atoms with van der Waals surface area (Å²) in [7, 11) is -2.87. The Balaban J connectivity index is 0.00000261. The lowest BCUT2D eigenvalue weighted by atomic mass is 9.79. The Kier molecular flexibility index (Phi) is 7.57. The fourth-order valence-electron chi connectivity index (χ4n) is 4.18. The van der Waals surface area contributed by atoms with Gasteiger partial charge in [0.05, 0.1) is 18.1 Å². The molecule has 0 radical (unpaired) electrons. The first-order valence-electron chi connectivity index (χ1n) is 9.42. The minimum absolute atomic E-state index is 0. The summed E-state index contributed by atoms with van der Waals surface area (Å²) in [6, 6.07) is 0. The number of aliphatic imine (C=N–C) groups is 1. The molecule has 3 fully saturated rings. The quantitative estimate of drug-likeness (QED) is 0.257. The summed E-state index contributed by atoms with van der Waals surface area (Å²) in [5, 5.41) is 6.38. The normalized spacial score (nSPS) is 30.1. The maximum atomic E-state index is 11.7. The van der Waals surface area contributed by atoms with E-state index in [1.54, 1.807) is 0 Å². The highest BCUT2D eigenvalue weighted by Crippen LogP contribution is 2.36. The highest BCUT2D eigenvalue weighted by atomic mass is 127. The molecule has 2 N–H and O–H groups in total. The van der Waals surface area contributed by atoms with E-state index < -0.39 is 9.84 Å². The fourth-order valence-corrected chi connectivity index (χ4v) is 6.04. The van der Waals surface area contributed by atoms with E-state index in [4.69, 9.17) is 4.99 Å². The summed E-state index contributed by atoms with van der Waals surface area (Å²) >= 11 is 0. The van der Waals surface area contributed by atoms with Crippen LogP contribution in [-0.4, -0.2) is 69.4 Å². The second-order valence-electron chi connectivity index (χ2n) is 8.23. The molecule has 3 aliphatic heterocycles. The van der Waals surface area contributed by atoms with E-state index in [-0.39, 0.29) is 52.7 Å². The van der Waals surface area contributed by atoms with E-state index in [2.05, 4.69) is 22.1 Å². The molecule has 0 bridgehead atoms. The molecular weight excluding hydrogens is 479 g/mol. The monoisotopic (exact) mass is 510 g/mol. The van der Waals surface area contributed by atoms with E-state index >= 15 is 0 Å². The van der Waals surface area contributed by atoms with Crippen LogP contribution in [0.15, 0.2) is 17.1 Å². The van der Waals surface area contributed by atoms with Crippen molar-refractivity contribution in [1.29, 1.82) is 0 Å². The molecule has 1 amide bonds. The third-order valence-electron chi connectivity index (χ3n) is 5.53. The van der Waals surface area contributed by atoms with E-state index in [9.17, 15) is 13.2 Å². The van der Waals surface area contributed by atoms with Crippen LogP contribution in [0.5, 0.6) is 0 Å². The van der Waals surface area contributed by atoms with Crippen LogP contribution >= 0.6 is 24.0 Å². The average molecular weight is 510 g/mol. The van der Waals surface area contributed by atoms with Gasteiger partial charge in [-0.05, 0) is 32.1 Å². The largest absolute Gasteiger partial charge is 0.356 e. The zero-order valence-corrected chi connectivity index (χ0v) is 19.1. The predicted octanol–water partition coefficient (Wildman–Crippen LogP) is 1.16. The molecule has 3 rings (SSSR count). The summed E-state index contributed by atoms with van der Waals surface area (Å²) in [6.07, 6.45) is 3.38. The van der Waals surface area contributed by atoms with E-state index in [0.717, 1.165) is 44.0 Å². The third kappa shape index (κ3) is 6.07. The van der Waals surface area contributed by atoms with Gasteiger partial charge in [-0.1, -0.05) is 12.2 Å². The van der Waals surface area contributed by atoms with Crippen molar-refractivity contribution in [3.63, 3.8) is 0 Å². The van der Waals surface area contributed by atoms with Crippen LogP contribution in [0, 0.1) is 11.3 Å². The number of sulfone groups is 1. The number of piperidine rings is 1. The Morgan fingerprint density at radius 2 is 2.26 bits per heavy atom. The maximum absolute atomic E-state index is 11.7. The van der Waals surface area contributed by atoms with Crippen molar-refractivity contribution in [1.82, 2.24) is 15.5 Å². The lowest BCUT2D eigenvalue weighted by Gasteiger charge is -2.41. The molecule has 0 aromatic carbocycles. The zero-order valence-electron chi connectivity index (χ0n) is 16.0. The number of hydrogen-bond acceptors (Lipinski definition) is 4. The van der Waals surface area contributed by atoms with E-state index in [1.807, 2.05) is 6.92 Å². The number of amides is 1. The standard InChI is InChI=1S/C18H30N4O3S.HI/c1-14(2)9-19-17(20-10-15-4-7-26(24,25)11-15)22-6-3-5-18(13-22)8-16(23)21-12-18;/h15H,1,3-13H2,2H3,(H,19,20)(H,21,23);1H.